The van der Waals surface area contributed by atoms with E-state index in [9.17, 15) is 4.79 Å². The summed E-state index contributed by atoms with van der Waals surface area (Å²) in [7, 11) is 0. The highest BCUT2D eigenvalue weighted by molar-refractivity contribution is 7.15. The number of fused-ring (bicyclic) bond motifs is 1. The Balaban J connectivity index is 1.89. The molecule has 0 aliphatic rings. The molecule has 0 spiro atoms. The van der Waals surface area contributed by atoms with E-state index in [4.69, 9.17) is 4.98 Å². The van der Waals surface area contributed by atoms with Crippen molar-refractivity contribution in [1.82, 2.24) is 25.0 Å². The average molecular weight is 392 g/mol. The molecule has 0 aliphatic heterocycles. The molecule has 3 heterocycles. The summed E-state index contributed by atoms with van der Waals surface area (Å²) in [6, 6.07) is 9.94. The Labute approximate surface area is 166 Å². The lowest BCUT2D eigenvalue weighted by molar-refractivity contribution is 0.102. The van der Waals surface area contributed by atoms with Crippen molar-refractivity contribution < 1.29 is 4.79 Å². The van der Waals surface area contributed by atoms with Crippen molar-refractivity contribution in [3.63, 3.8) is 0 Å². The lowest BCUT2D eigenvalue weighted by Gasteiger charge is -2.11. The lowest BCUT2D eigenvalue weighted by atomic mass is 10.0. The fourth-order valence-corrected chi connectivity index (χ4v) is 3.68. The monoisotopic (exact) mass is 392 g/mol. The molecule has 28 heavy (non-hydrogen) atoms. The Morgan fingerprint density at radius 2 is 1.96 bits per heavy atom. The van der Waals surface area contributed by atoms with E-state index in [-0.39, 0.29) is 11.9 Å². The van der Waals surface area contributed by atoms with Gasteiger partial charge in [0.2, 0.25) is 5.13 Å². The number of benzene rings is 1. The van der Waals surface area contributed by atoms with Crippen molar-refractivity contribution in [3.05, 3.63) is 52.7 Å². The zero-order valence-corrected chi connectivity index (χ0v) is 16.9. The standard InChI is InChI=1S/C20H20N6OS/c1-11(2)26-18-16(10-21-26)15(19(27)23-20-25-24-13(4)28-20)9-17(22-18)14-8-6-5-7-12(14)3/h5-11H,1-4H3,(H,23,25,27). The highest BCUT2D eigenvalue weighted by Crippen LogP contribution is 2.29. The minimum Gasteiger partial charge on any atom is -0.296 e. The van der Waals surface area contributed by atoms with Gasteiger partial charge in [0.25, 0.3) is 5.91 Å². The lowest BCUT2D eigenvalue weighted by Crippen LogP contribution is -2.13. The SMILES string of the molecule is Cc1nnc(NC(=O)c2cc(-c3ccccc3C)nc3c2cnn3C(C)C)s1. The zero-order chi connectivity index (χ0) is 19.8. The second-order valence-corrected chi connectivity index (χ2v) is 8.05. The van der Waals surface area contributed by atoms with Crippen molar-refractivity contribution >= 4 is 33.4 Å². The van der Waals surface area contributed by atoms with Crippen molar-refractivity contribution in [1.29, 1.82) is 0 Å². The number of nitrogens with zero attached hydrogens (tertiary/aromatic N) is 5. The minimum atomic E-state index is -0.248. The van der Waals surface area contributed by atoms with Gasteiger partial charge < -0.3 is 0 Å². The number of nitrogens with one attached hydrogen (secondary N) is 1. The molecule has 0 saturated heterocycles. The van der Waals surface area contributed by atoms with Gasteiger partial charge in [0.15, 0.2) is 5.65 Å². The van der Waals surface area contributed by atoms with Crippen LogP contribution in [0.4, 0.5) is 5.13 Å². The van der Waals surface area contributed by atoms with E-state index in [0.29, 0.717) is 21.7 Å². The maximum Gasteiger partial charge on any atom is 0.258 e. The van der Waals surface area contributed by atoms with Crippen molar-refractivity contribution in [2.24, 2.45) is 0 Å². The van der Waals surface area contributed by atoms with E-state index in [1.807, 2.05) is 62.7 Å². The molecular weight excluding hydrogens is 372 g/mol. The van der Waals surface area contributed by atoms with Gasteiger partial charge in [-0.2, -0.15) is 5.10 Å². The normalized spacial score (nSPS) is 11.3. The summed E-state index contributed by atoms with van der Waals surface area (Å²) < 4.78 is 1.84. The highest BCUT2D eigenvalue weighted by Gasteiger charge is 2.20. The van der Waals surface area contributed by atoms with Crippen LogP contribution in [-0.4, -0.2) is 30.9 Å². The van der Waals surface area contributed by atoms with Crippen LogP contribution in [0.15, 0.2) is 36.5 Å². The predicted molar refractivity (Wildman–Crippen MR) is 111 cm³/mol. The Hall–Kier alpha value is -3.13. The first-order valence-corrected chi connectivity index (χ1v) is 9.81. The van der Waals surface area contributed by atoms with Gasteiger partial charge >= 0.3 is 0 Å². The first kappa shape index (κ1) is 18.2. The van der Waals surface area contributed by atoms with Crippen molar-refractivity contribution in [2.75, 3.05) is 5.32 Å². The fourth-order valence-electron chi connectivity index (χ4n) is 3.09. The molecule has 0 radical (unpaired) electrons. The number of anilines is 1. The Morgan fingerprint density at radius 1 is 1.18 bits per heavy atom. The van der Waals surface area contributed by atoms with Crippen LogP contribution in [0.2, 0.25) is 0 Å². The Bertz CT molecular complexity index is 1180. The second-order valence-electron chi connectivity index (χ2n) is 6.87. The molecule has 142 valence electrons. The van der Waals surface area contributed by atoms with Crippen molar-refractivity contribution in [2.45, 2.75) is 33.7 Å². The summed E-state index contributed by atoms with van der Waals surface area (Å²) in [5.41, 5.74) is 4.03. The Morgan fingerprint density at radius 3 is 2.64 bits per heavy atom. The van der Waals surface area contributed by atoms with Crippen LogP contribution in [0.25, 0.3) is 22.3 Å². The zero-order valence-electron chi connectivity index (χ0n) is 16.1. The van der Waals surface area contributed by atoms with E-state index in [1.54, 1.807) is 6.20 Å². The summed E-state index contributed by atoms with van der Waals surface area (Å²) in [6.07, 6.45) is 1.70. The molecule has 1 amide bonds. The first-order chi connectivity index (χ1) is 13.4. The summed E-state index contributed by atoms with van der Waals surface area (Å²) in [4.78, 5) is 17.9. The van der Waals surface area contributed by atoms with E-state index < -0.39 is 0 Å². The van der Waals surface area contributed by atoms with Gasteiger partial charge in [-0.25, -0.2) is 9.67 Å². The third-order valence-electron chi connectivity index (χ3n) is 4.47. The number of pyridine rings is 1. The molecule has 0 aliphatic carbocycles. The Kier molecular flexibility index (Phi) is 4.64. The van der Waals surface area contributed by atoms with Gasteiger partial charge in [0, 0.05) is 11.6 Å². The summed E-state index contributed by atoms with van der Waals surface area (Å²) in [6.45, 7) is 7.96. The number of hydrogen-bond acceptors (Lipinski definition) is 6. The number of carbonyl (C=O) groups is 1. The smallest absolute Gasteiger partial charge is 0.258 e. The summed E-state index contributed by atoms with van der Waals surface area (Å²) >= 11 is 1.34. The van der Waals surface area contributed by atoms with Gasteiger partial charge in [-0.15, -0.1) is 10.2 Å². The van der Waals surface area contributed by atoms with E-state index in [1.165, 1.54) is 11.3 Å². The number of aromatic nitrogens is 5. The van der Waals surface area contributed by atoms with Crippen LogP contribution in [0, 0.1) is 13.8 Å². The molecule has 0 saturated carbocycles. The molecule has 4 aromatic rings. The molecule has 3 aromatic heterocycles. The third-order valence-corrected chi connectivity index (χ3v) is 5.22. The maximum atomic E-state index is 13.0. The summed E-state index contributed by atoms with van der Waals surface area (Å²) in [5.74, 6) is -0.248. The number of carbonyl (C=O) groups excluding carboxylic acids is 1. The number of aryl methyl sites for hydroxylation is 2. The second kappa shape index (κ2) is 7.12. The van der Waals surface area contributed by atoms with Crippen molar-refractivity contribution in [3.8, 4) is 11.3 Å². The number of amides is 1. The fraction of sp³-hybridized carbons (Fsp3) is 0.250. The van der Waals surface area contributed by atoms with E-state index in [0.717, 1.165) is 21.8 Å². The van der Waals surface area contributed by atoms with Gasteiger partial charge in [0.05, 0.1) is 22.8 Å². The molecular formula is C20H20N6OS. The van der Waals surface area contributed by atoms with Gasteiger partial charge in [-0.1, -0.05) is 35.6 Å². The van der Waals surface area contributed by atoms with E-state index >= 15 is 0 Å². The van der Waals surface area contributed by atoms with Gasteiger partial charge in [-0.05, 0) is 39.3 Å². The molecule has 1 aromatic carbocycles. The minimum absolute atomic E-state index is 0.124. The molecule has 0 unspecified atom stereocenters. The molecule has 1 N–H and O–H groups in total. The molecule has 7 nitrogen and oxygen atoms in total. The largest absolute Gasteiger partial charge is 0.296 e. The highest BCUT2D eigenvalue weighted by atomic mass is 32.1. The molecule has 8 heteroatoms. The topological polar surface area (TPSA) is 85.6 Å². The maximum absolute atomic E-state index is 13.0. The van der Waals surface area contributed by atoms with Crippen LogP contribution in [-0.2, 0) is 0 Å². The average Bonchev–Trinajstić information content (AvgIpc) is 3.27. The quantitative estimate of drug-likeness (QED) is 0.556. The van der Waals surface area contributed by atoms with Crippen LogP contribution >= 0.6 is 11.3 Å². The molecule has 0 bridgehead atoms. The molecule has 0 fully saturated rings. The van der Waals surface area contributed by atoms with Gasteiger partial charge in [-0.3, -0.25) is 10.1 Å². The molecule has 4 rings (SSSR count). The predicted octanol–water partition coefficient (Wildman–Crippen LogP) is 4.40. The van der Waals surface area contributed by atoms with Crippen LogP contribution in [0.3, 0.4) is 0 Å². The number of hydrogen-bond donors (Lipinski definition) is 1. The molecule has 0 atom stereocenters. The van der Waals surface area contributed by atoms with E-state index in [2.05, 4.69) is 20.6 Å². The third kappa shape index (κ3) is 3.27. The van der Waals surface area contributed by atoms with Crippen LogP contribution in [0.1, 0.15) is 40.8 Å². The summed E-state index contributed by atoms with van der Waals surface area (Å²) in [5, 5.41) is 17.2. The first-order valence-electron chi connectivity index (χ1n) is 8.99. The number of rotatable bonds is 4. The van der Waals surface area contributed by atoms with Crippen LogP contribution in [0.5, 0.6) is 0 Å². The van der Waals surface area contributed by atoms with Gasteiger partial charge in [0.1, 0.15) is 5.01 Å². The van der Waals surface area contributed by atoms with Crippen LogP contribution < -0.4 is 5.32 Å².